The summed E-state index contributed by atoms with van der Waals surface area (Å²) in [5.41, 5.74) is -0.615. The predicted octanol–water partition coefficient (Wildman–Crippen LogP) is 5.02. The smallest absolute Gasteiger partial charge is 0.349 e. The van der Waals surface area contributed by atoms with Crippen molar-refractivity contribution in [2.75, 3.05) is 16.5 Å². The van der Waals surface area contributed by atoms with Crippen LogP contribution in [-0.2, 0) is 25.4 Å². The van der Waals surface area contributed by atoms with Gasteiger partial charge in [0.25, 0.3) is 0 Å². The van der Waals surface area contributed by atoms with Crippen molar-refractivity contribution in [3.63, 3.8) is 0 Å². The van der Waals surface area contributed by atoms with Gasteiger partial charge in [0.15, 0.2) is 0 Å². The van der Waals surface area contributed by atoms with Gasteiger partial charge in [-0.05, 0) is 23.3 Å². The first-order chi connectivity index (χ1) is 11.7. The summed E-state index contributed by atoms with van der Waals surface area (Å²) in [6.07, 6.45) is -9.02. The van der Waals surface area contributed by atoms with E-state index in [1.807, 2.05) is 0 Å². The lowest BCUT2D eigenvalue weighted by molar-refractivity contribution is -0.137. The molecular weight excluding hydrogens is 346 g/mol. The number of rotatable bonds is 0. The van der Waals surface area contributed by atoms with Crippen LogP contribution in [0, 0.1) is 0 Å². The van der Waals surface area contributed by atoms with Crippen LogP contribution in [0.3, 0.4) is 0 Å². The number of nitrogens with zero attached hydrogens (tertiary/aromatic N) is 2. The van der Waals surface area contributed by atoms with Gasteiger partial charge in [-0.25, -0.2) is 0 Å². The zero-order valence-electron chi connectivity index (χ0n) is 12.7. The third-order valence-electron chi connectivity index (χ3n) is 4.55. The Kier molecular flexibility index (Phi) is 3.26. The molecule has 2 aliphatic rings. The van der Waals surface area contributed by atoms with Crippen molar-refractivity contribution in [3.05, 3.63) is 58.7 Å². The quantitative estimate of drug-likeness (QED) is 0.610. The molecule has 132 valence electrons. The lowest BCUT2D eigenvalue weighted by Gasteiger charge is -2.46. The first-order valence-electron chi connectivity index (χ1n) is 7.54. The summed E-state index contributed by atoms with van der Waals surface area (Å²) in [5.74, 6) is 0. The summed E-state index contributed by atoms with van der Waals surface area (Å²) in [7, 11) is 0. The van der Waals surface area contributed by atoms with Gasteiger partial charge in [-0.2, -0.15) is 26.3 Å². The Hall–Kier alpha value is -2.38. The number of benzene rings is 2. The van der Waals surface area contributed by atoms with E-state index >= 15 is 0 Å². The first-order valence-corrected chi connectivity index (χ1v) is 7.54. The number of hydrogen-bond acceptors (Lipinski definition) is 2. The maximum atomic E-state index is 13.3. The summed E-state index contributed by atoms with van der Waals surface area (Å²) >= 11 is 0. The molecule has 2 aliphatic heterocycles. The average Bonchev–Trinajstić information content (AvgIpc) is 2.52. The van der Waals surface area contributed by atoms with E-state index in [-0.39, 0.29) is 31.1 Å². The minimum Gasteiger partial charge on any atom is -0.349 e. The van der Waals surface area contributed by atoms with Gasteiger partial charge in [0.05, 0.1) is 29.2 Å². The predicted molar refractivity (Wildman–Crippen MR) is 80.1 cm³/mol. The molecular formula is C17H12F6N2. The van der Waals surface area contributed by atoms with Crippen LogP contribution < -0.4 is 9.80 Å². The van der Waals surface area contributed by atoms with Crippen molar-refractivity contribution in [1.29, 1.82) is 0 Å². The monoisotopic (exact) mass is 358 g/mol. The third-order valence-corrected chi connectivity index (χ3v) is 4.55. The largest absolute Gasteiger partial charge is 0.418 e. The van der Waals surface area contributed by atoms with Gasteiger partial charge in [-0.3, -0.25) is 0 Å². The fraction of sp³-hybridized carbons (Fsp3) is 0.294. The Morgan fingerprint density at radius 2 is 1.04 bits per heavy atom. The molecule has 0 fully saturated rings. The van der Waals surface area contributed by atoms with Crippen molar-refractivity contribution < 1.29 is 26.3 Å². The van der Waals surface area contributed by atoms with Crippen molar-refractivity contribution >= 4 is 11.4 Å². The molecule has 25 heavy (non-hydrogen) atoms. The molecule has 2 bridgehead atoms. The van der Waals surface area contributed by atoms with Gasteiger partial charge in [0.2, 0.25) is 0 Å². The molecule has 2 aromatic carbocycles. The van der Waals surface area contributed by atoms with E-state index in [1.165, 1.54) is 34.1 Å². The molecule has 2 aromatic rings. The molecule has 2 heterocycles. The Bertz CT molecular complexity index is 771. The van der Waals surface area contributed by atoms with Crippen LogP contribution in [0.5, 0.6) is 0 Å². The standard InChI is InChI=1S/C17H12F6N2/c18-16(19,20)12-5-1-3-10-7-24-9-25(14(10)12)8-11-4-2-6-13(15(11)24)17(21,22)23/h1-6H,7-9H2. The number of halogens is 6. The topological polar surface area (TPSA) is 6.48 Å². The van der Waals surface area contributed by atoms with Gasteiger partial charge in [-0.15, -0.1) is 0 Å². The molecule has 0 saturated heterocycles. The minimum atomic E-state index is -4.51. The highest BCUT2D eigenvalue weighted by Crippen LogP contribution is 2.47. The third kappa shape index (κ3) is 2.51. The van der Waals surface area contributed by atoms with E-state index < -0.39 is 23.5 Å². The van der Waals surface area contributed by atoms with E-state index in [1.54, 1.807) is 0 Å². The maximum Gasteiger partial charge on any atom is 0.418 e. The fourth-order valence-electron chi connectivity index (χ4n) is 3.66. The zero-order chi connectivity index (χ0) is 18.0. The van der Waals surface area contributed by atoms with Crippen molar-refractivity contribution in [2.24, 2.45) is 0 Å². The number of alkyl halides is 6. The molecule has 0 N–H and O–H groups in total. The average molecular weight is 358 g/mol. The summed E-state index contributed by atoms with van der Waals surface area (Å²) in [6.45, 7) is 0.0197. The highest BCUT2D eigenvalue weighted by Gasteiger charge is 2.42. The van der Waals surface area contributed by atoms with Crippen LogP contribution in [0.1, 0.15) is 22.3 Å². The Morgan fingerprint density at radius 1 is 0.640 bits per heavy atom. The van der Waals surface area contributed by atoms with Crippen molar-refractivity contribution in [3.8, 4) is 0 Å². The van der Waals surface area contributed by atoms with E-state index in [4.69, 9.17) is 0 Å². The van der Waals surface area contributed by atoms with E-state index in [9.17, 15) is 26.3 Å². The summed E-state index contributed by atoms with van der Waals surface area (Å²) in [6, 6.07) is 7.67. The molecule has 0 radical (unpaired) electrons. The first kappa shape index (κ1) is 16.1. The van der Waals surface area contributed by atoms with Gasteiger partial charge in [0.1, 0.15) is 0 Å². The number of anilines is 2. The lowest BCUT2D eigenvalue weighted by Crippen LogP contribution is -2.47. The zero-order valence-corrected chi connectivity index (χ0v) is 12.7. The number of para-hydroxylation sites is 2. The second-order valence-electron chi connectivity index (χ2n) is 6.16. The SMILES string of the molecule is FC(F)(F)c1cccc2c1N1Cc3cccc(C(F)(F)F)c3N(C2)C1. The van der Waals surface area contributed by atoms with E-state index in [2.05, 4.69) is 0 Å². The Labute approximate surface area is 139 Å². The normalized spacial score (nSPS) is 16.6. The van der Waals surface area contributed by atoms with Crippen LogP contribution >= 0.6 is 0 Å². The molecule has 0 unspecified atom stereocenters. The van der Waals surface area contributed by atoms with Gasteiger partial charge < -0.3 is 9.80 Å². The van der Waals surface area contributed by atoms with E-state index in [0.29, 0.717) is 11.1 Å². The lowest BCUT2D eigenvalue weighted by atomic mass is 9.96. The van der Waals surface area contributed by atoms with Gasteiger partial charge in [-0.1, -0.05) is 24.3 Å². The second kappa shape index (κ2) is 5.06. The molecule has 0 amide bonds. The molecule has 0 aliphatic carbocycles. The summed E-state index contributed by atoms with van der Waals surface area (Å²) in [5, 5.41) is 0. The number of hydrogen-bond donors (Lipinski definition) is 0. The molecule has 0 spiro atoms. The molecule has 0 atom stereocenters. The van der Waals surface area contributed by atoms with E-state index in [0.717, 1.165) is 12.1 Å². The Balaban J connectivity index is 1.86. The summed E-state index contributed by atoms with van der Waals surface area (Å²) < 4.78 is 80.0. The summed E-state index contributed by atoms with van der Waals surface area (Å²) in [4.78, 5) is 2.98. The van der Waals surface area contributed by atoms with Crippen LogP contribution in [0.15, 0.2) is 36.4 Å². The van der Waals surface area contributed by atoms with Crippen LogP contribution in [0.25, 0.3) is 0 Å². The van der Waals surface area contributed by atoms with Crippen LogP contribution in [0.4, 0.5) is 37.7 Å². The number of fused-ring (bicyclic) bond motifs is 6. The van der Waals surface area contributed by atoms with Gasteiger partial charge >= 0.3 is 12.4 Å². The fourth-order valence-corrected chi connectivity index (χ4v) is 3.66. The highest BCUT2D eigenvalue weighted by atomic mass is 19.4. The van der Waals surface area contributed by atoms with Crippen LogP contribution in [0.2, 0.25) is 0 Å². The van der Waals surface area contributed by atoms with Crippen LogP contribution in [-0.4, -0.2) is 6.67 Å². The van der Waals surface area contributed by atoms with Crippen molar-refractivity contribution in [2.45, 2.75) is 25.4 Å². The maximum absolute atomic E-state index is 13.3. The Morgan fingerprint density at radius 3 is 1.40 bits per heavy atom. The van der Waals surface area contributed by atoms with Crippen molar-refractivity contribution in [1.82, 2.24) is 0 Å². The molecule has 8 heteroatoms. The van der Waals surface area contributed by atoms with Gasteiger partial charge in [0, 0.05) is 13.1 Å². The molecule has 2 nitrogen and oxygen atoms in total. The molecule has 0 aromatic heterocycles. The highest BCUT2D eigenvalue weighted by molar-refractivity contribution is 5.72. The second-order valence-corrected chi connectivity index (χ2v) is 6.16. The minimum absolute atomic E-state index is 0.000185. The molecule has 4 rings (SSSR count). The molecule has 0 saturated carbocycles.